The Bertz CT molecular complexity index is 2610. The Kier molecular flexibility index (Phi) is 7.06. The van der Waals surface area contributed by atoms with Crippen LogP contribution in [0.5, 0.6) is 0 Å². The molecule has 0 bridgehead atoms. The van der Waals surface area contributed by atoms with Crippen molar-refractivity contribution >= 4 is 49.6 Å². The van der Waals surface area contributed by atoms with E-state index in [0.717, 1.165) is 50.5 Å². The van der Waals surface area contributed by atoms with Crippen LogP contribution in [0.4, 0.5) is 17.1 Å². The van der Waals surface area contributed by atoms with E-state index in [0.29, 0.717) is 0 Å². The second kappa shape index (κ2) is 12.0. The molecule has 0 aliphatic rings. The average molecular weight is 628 g/mol. The Morgan fingerprint density at radius 3 is 1.86 bits per heavy atom. The fraction of sp³-hybridized carbons (Fsp3) is 0.0213. The quantitative estimate of drug-likeness (QED) is 0.171. The highest BCUT2D eigenvalue weighted by Crippen LogP contribution is 2.45. The van der Waals surface area contributed by atoms with Crippen LogP contribution in [0.1, 0.15) is 5.56 Å². The molecule has 232 valence electrons. The van der Waals surface area contributed by atoms with Crippen molar-refractivity contribution in [3.05, 3.63) is 188 Å². The van der Waals surface area contributed by atoms with Crippen molar-refractivity contribution < 1.29 is 4.42 Å². The molecule has 8 aromatic carbocycles. The molecule has 1 heterocycles. The van der Waals surface area contributed by atoms with Crippen LogP contribution >= 0.6 is 0 Å². The van der Waals surface area contributed by atoms with E-state index in [1.807, 2.05) is 12.1 Å². The number of hydrogen-bond acceptors (Lipinski definition) is 2. The first-order valence-corrected chi connectivity index (χ1v) is 16.8. The Morgan fingerprint density at radius 2 is 1.04 bits per heavy atom. The molecule has 9 rings (SSSR count). The fourth-order valence-corrected chi connectivity index (χ4v) is 7.25. The number of fused-ring (bicyclic) bond motifs is 4. The summed E-state index contributed by atoms with van der Waals surface area (Å²) in [5, 5.41) is 6.08. The molecule has 1 aromatic heterocycles. The van der Waals surface area contributed by atoms with Crippen molar-refractivity contribution in [3.63, 3.8) is 0 Å². The van der Waals surface area contributed by atoms with Gasteiger partial charge >= 0.3 is 0 Å². The van der Waals surface area contributed by atoms with Gasteiger partial charge in [0.25, 0.3) is 0 Å². The lowest BCUT2D eigenvalue weighted by molar-refractivity contribution is 0.629. The molecule has 9 aromatic rings. The van der Waals surface area contributed by atoms with Crippen molar-refractivity contribution in [2.24, 2.45) is 0 Å². The monoisotopic (exact) mass is 627 g/mol. The lowest BCUT2D eigenvalue weighted by Gasteiger charge is -2.29. The first-order valence-electron chi connectivity index (χ1n) is 16.8. The van der Waals surface area contributed by atoms with Crippen molar-refractivity contribution in [2.45, 2.75) is 6.92 Å². The molecule has 0 fully saturated rings. The standard InChI is InChI=1S/C47H33NO/c1-32-39-19-10-12-25-46(39)49-47(32)37-18-13-17-35(30-37)33-26-28-38(29-27-33)48(44-24-11-9-21-41(44)34-14-3-2-4-15-34)45-31-36-16-5-6-20-40(36)42-22-7-8-23-43(42)45/h2-31H,1H3. The van der Waals surface area contributed by atoms with Gasteiger partial charge in [-0.25, -0.2) is 0 Å². The van der Waals surface area contributed by atoms with Crippen LogP contribution in [-0.2, 0) is 0 Å². The van der Waals surface area contributed by atoms with Crippen molar-refractivity contribution in [3.8, 4) is 33.6 Å². The van der Waals surface area contributed by atoms with Gasteiger partial charge < -0.3 is 9.32 Å². The van der Waals surface area contributed by atoms with Crippen LogP contribution in [-0.4, -0.2) is 0 Å². The summed E-state index contributed by atoms with van der Waals surface area (Å²) in [4.78, 5) is 2.43. The van der Waals surface area contributed by atoms with Gasteiger partial charge in [-0.15, -0.1) is 0 Å². The number of rotatable bonds is 6. The minimum Gasteiger partial charge on any atom is -0.456 e. The van der Waals surface area contributed by atoms with Crippen LogP contribution in [0.2, 0.25) is 0 Å². The molecule has 0 amide bonds. The summed E-state index contributed by atoms with van der Waals surface area (Å²) in [7, 11) is 0. The minimum atomic E-state index is 0.918. The lowest BCUT2D eigenvalue weighted by atomic mass is 9.97. The van der Waals surface area contributed by atoms with E-state index in [4.69, 9.17) is 4.42 Å². The number of furan rings is 1. The lowest BCUT2D eigenvalue weighted by Crippen LogP contribution is -2.12. The SMILES string of the molecule is Cc1c(-c2cccc(-c3ccc(N(c4ccccc4-c4ccccc4)c4cc5ccccc5c5ccccc45)cc3)c2)oc2ccccc12. The largest absolute Gasteiger partial charge is 0.456 e. The fourth-order valence-electron chi connectivity index (χ4n) is 7.25. The van der Waals surface area contributed by atoms with E-state index < -0.39 is 0 Å². The zero-order valence-corrected chi connectivity index (χ0v) is 27.2. The molecule has 49 heavy (non-hydrogen) atoms. The molecule has 0 N–H and O–H groups in total. The van der Waals surface area contributed by atoms with Crippen molar-refractivity contribution in [1.82, 2.24) is 0 Å². The molecule has 0 aliphatic heterocycles. The smallest absolute Gasteiger partial charge is 0.138 e. The van der Waals surface area contributed by atoms with Crippen molar-refractivity contribution in [2.75, 3.05) is 4.90 Å². The van der Waals surface area contributed by atoms with Crippen LogP contribution < -0.4 is 4.90 Å². The van der Waals surface area contributed by atoms with Crippen LogP contribution in [0.3, 0.4) is 0 Å². The first kappa shape index (κ1) is 28.8. The number of aryl methyl sites for hydroxylation is 1. The number of anilines is 3. The van der Waals surface area contributed by atoms with Gasteiger partial charge in [-0.1, -0.05) is 146 Å². The summed E-state index contributed by atoms with van der Waals surface area (Å²) in [5.74, 6) is 0.923. The van der Waals surface area contributed by atoms with Gasteiger partial charge in [0.15, 0.2) is 0 Å². The maximum atomic E-state index is 6.33. The van der Waals surface area contributed by atoms with Gasteiger partial charge in [0.1, 0.15) is 11.3 Å². The number of benzene rings is 8. The molecule has 0 saturated carbocycles. The molecular weight excluding hydrogens is 595 g/mol. The molecule has 0 aliphatic carbocycles. The van der Waals surface area contributed by atoms with Gasteiger partial charge in [-0.05, 0) is 76.2 Å². The summed E-state index contributed by atoms with van der Waals surface area (Å²) in [6.07, 6.45) is 0. The van der Waals surface area contributed by atoms with E-state index in [2.05, 4.69) is 182 Å². The highest BCUT2D eigenvalue weighted by Gasteiger charge is 2.20. The van der Waals surface area contributed by atoms with E-state index in [-0.39, 0.29) is 0 Å². The summed E-state index contributed by atoms with van der Waals surface area (Å²) in [6.45, 7) is 2.14. The molecule has 0 saturated heterocycles. The van der Waals surface area contributed by atoms with E-state index in [9.17, 15) is 0 Å². The molecule has 2 nitrogen and oxygen atoms in total. The molecule has 0 atom stereocenters. The predicted molar refractivity (Wildman–Crippen MR) is 207 cm³/mol. The van der Waals surface area contributed by atoms with Crippen LogP contribution in [0.25, 0.3) is 66.1 Å². The Morgan fingerprint density at radius 1 is 0.408 bits per heavy atom. The average Bonchev–Trinajstić information content (AvgIpc) is 3.52. The van der Waals surface area contributed by atoms with Gasteiger partial charge in [0.05, 0.1) is 11.4 Å². The van der Waals surface area contributed by atoms with Gasteiger partial charge in [0, 0.05) is 33.2 Å². The summed E-state index contributed by atoms with van der Waals surface area (Å²) in [5.41, 5.74) is 11.2. The van der Waals surface area contributed by atoms with Crippen molar-refractivity contribution in [1.29, 1.82) is 0 Å². The number of nitrogens with zero attached hydrogens (tertiary/aromatic N) is 1. The van der Waals surface area contributed by atoms with Gasteiger partial charge in [-0.2, -0.15) is 0 Å². The molecule has 0 unspecified atom stereocenters. The van der Waals surface area contributed by atoms with E-state index in [1.165, 1.54) is 38.2 Å². The summed E-state index contributed by atoms with van der Waals surface area (Å²) < 4.78 is 6.33. The van der Waals surface area contributed by atoms with E-state index in [1.54, 1.807) is 0 Å². The van der Waals surface area contributed by atoms with Gasteiger partial charge in [-0.3, -0.25) is 0 Å². The topological polar surface area (TPSA) is 16.4 Å². The summed E-state index contributed by atoms with van der Waals surface area (Å²) >= 11 is 0. The zero-order chi connectivity index (χ0) is 32.7. The molecule has 0 radical (unpaired) electrons. The Labute approximate surface area is 286 Å². The second-order valence-electron chi connectivity index (χ2n) is 12.6. The predicted octanol–water partition coefficient (Wildman–Crippen LogP) is 13.5. The molecule has 2 heteroatoms. The third-order valence-corrected chi connectivity index (χ3v) is 9.64. The molecule has 0 spiro atoms. The maximum Gasteiger partial charge on any atom is 0.138 e. The minimum absolute atomic E-state index is 0.918. The third-order valence-electron chi connectivity index (χ3n) is 9.64. The molecular formula is C47H33NO. The normalized spacial score (nSPS) is 11.4. The highest BCUT2D eigenvalue weighted by atomic mass is 16.3. The second-order valence-corrected chi connectivity index (χ2v) is 12.6. The maximum absolute atomic E-state index is 6.33. The zero-order valence-electron chi connectivity index (χ0n) is 27.2. The Hall–Kier alpha value is -6.38. The van der Waals surface area contributed by atoms with Gasteiger partial charge in [0.2, 0.25) is 0 Å². The number of hydrogen-bond donors (Lipinski definition) is 0. The first-order chi connectivity index (χ1) is 24.2. The van der Waals surface area contributed by atoms with Crippen LogP contribution in [0, 0.1) is 6.92 Å². The Balaban J connectivity index is 1.20. The van der Waals surface area contributed by atoms with Crippen LogP contribution in [0.15, 0.2) is 186 Å². The van der Waals surface area contributed by atoms with E-state index >= 15 is 0 Å². The summed E-state index contributed by atoms with van der Waals surface area (Å²) in [6, 6.07) is 65.1. The number of para-hydroxylation sites is 2. The third kappa shape index (κ3) is 5.06. The highest BCUT2D eigenvalue weighted by molar-refractivity contribution is 6.15.